The molecule has 4 N–H and O–H groups in total. The van der Waals surface area contributed by atoms with E-state index in [4.69, 9.17) is 16.9 Å². The van der Waals surface area contributed by atoms with Gasteiger partial charge in [-0.3, -0.25) is 19.2 Å². The van der Waals surface area contributed by atoms with E-state index >= 15 is 0 Å². The molecule has 0 heterocycles. The summed E-state index contributed by atoms with van der Waals surface area (Å²) < 4.78 is 9.86. The van der Waals surface area contributed by atoms with Crippen LogP contribution in [-0.4, -0.2) is 66.5 Å². The van der Waals surface area contributed by atoms with Crippen molar-refractivity contribution in [3.8, 4) is 12.3 Å². The van der Waals surface area contributed by atoms with Crippen LogP contribution in [0.1, 0.15) is 64.1 Å². The molecule has 0 radical (unpaired) electrons. The summed E-state index contributed by atoms with van der Waals surface area (Å²) in [7, 11) is 1.18. The Morgan fingerprint density at radius 1 is 1.14 bits per heavy atom. The number of rotatable bonds is 12. The molecule has 0 aliphatic carbocycles. The van der Waals surface area contributed by atoms with Crippen LogP contribution in [0.25, 0.3) is 0 Å². The summed E-state index contributed by atoms with van der Waals surface area (Å²) in [6.45, 7) is 6.51. The van der Waals surface area contributed by atoms with Crippen molar-refractivity contribution in [1.82, 2.24) is 15.5 Å². The number of carbonyl (C=O) groups is 5. The lowest BCUT2D eigenvalue weighted by Crippen LogP contribution is -2.53. The molecule has 37 heavy (non-hydrogen) atoms. The molecule has 11 heteroatoms. The van der Waals surface area contributed by atoms with Crippen molar-refractivity contribution in [2.24, 2.45) is 5.73 Å². The molecule has 0 aliphatic rings. The fraction of sp³-hybridized carbons (Fsp3) is 0.500. The molecule has 0 fully saturated rings. The lowest BCUT2D eigenvalue weighted by molar-refractivity contribution is -0.144. The number of benzene rings is 1. The molecule has 2 unspecified atom stereocenters. The van der Waals surface area contributed by atoms with Gasteiger partial charge in [0.1, 0.15) is 24.2 Å². The van der Waals surface area contributed by atoms with Crippen molar-refractivity contribution in [3.63, 3.8) is 0 Å². The number of nitrogens with two attached hydrogens (primary N) is 1. The van der Waals surface area contributed by atoms with E-state index < -0.39 is 54.0 Å². The predicted molar refractivity (Wildman–Crippen MR) is 136 cm³/mol. The number of hydrogen-bond acceptors (Lipinski definition) is 7. The summed E-state index contributed by atoms with van der Waals surface area (Å²) in [6, 6.07) is 4.05. The van der Waals surface area contributed by atoms with Crippen molar-refractivity contribution >= 4 is 29.8 Å². The van der Waals surface area contributed by atoms with Crippen LogP contribution in [0.2, 0.25) is 0 Å². The summed E-state index contributed by atoms with van der Waals surface area (Å²) in [6.07, 6.45) is 4.74. The third kappa shape index (κ3) is 10.6. The second-order valence-electron chi connectivity index (χ2n) is 9.20. The Labute approximate surface area is 217 Å². The van der Waals surface area contributed by atoms with Gasteiger partial charge in [0.2, 0.25) is 17.7 Å². The molecule has 11 nitrogen and oxygen atoms in total. The summed E-state index contributed by atoms with van der Waals surface area (Å²) in [5, 5.41) is 4.98. The molecule has 0 aliphatic heterocycles. The van der Waals surface area contributed by atoms with Gasteiger partial charge in [-0.2, -0.15) is 0 Å². The Balaban J connectivity index is 3.45. The Morgan fingerprint density at radius 3 is 2.24 bits per heavy atom. The van der Waals surface area contributed by atoms with E-state index in [1.807, 2.05) is 6.92 Å². The molecule has 0 bridgehead atoms. The predicted octanol–water partition coefficient (Wildman–Crippen LogP) is 1.40. The summed E-state index contributed by atoms with van der Waals surface area (Å²) >= 11 is 0. The van der Waals surface area contributed by atoms with Gasteiger partial charge in [-0.15, -0.1) is 6.42 Å². The maximum Gasteiger partial charge on any atom is 0.408 e. The SMILES string of the molecule is C#Cc1ccc(C(C(=O)NCC(=O)OC)N(CCC)C(=O)C(CCC(N)=O)NC(=O)OC(C)(C)C)cc1. The van der Waals surface area contributed by atoms with Crippen LogP contribution in [0.3, 0.4) is 0 Å². The second-order valence-corrected chi connectivity index (χ2v) is 9.20. The molecule has 0 saturated heterocycles. The van der Waals surface area contributed by atoms with Gasteiger partial charge in [-0.1, -0.05) is 25.0 Å². The Bertz CT molecular complexity index is 1010. The summed E-state index contributed by atoms with van der Waals surface area (Å²) in [5.41, 5.74) is 5.44. The maximum atomic E-state index is 13.8. The first kappa shape index (κ1) is 31.0. The van der Waals surface area contributed by atoms with Crippen LogP contribution in [0.4, 0.5) is 4.79 Å². The number of alkyl carbamates (subject to hydrolysis) is 1. The van der Waals surface area contributed by atoms with E-state index in [0.29, 0.717) is 17.5 Å². The molecule has 1 aromatic carbocycles. The highest BCUT2D eigenvalue weighted by molar-refractivity contribution is 5.93. The summed E-state index contributed by atoms with van der Waals surface area (Å²) in [5.74, 6) is -0.129. The molecular weight excluding hydrogens is 480 g/mol. The van der Waals surface area contributed by atoms with Crippen LogP contribution in [0.5, 0.6) is 0 Å². The standard InChI is InChI=1S/C26H36N4O7/c1-7-15-30(24(34)19(13-14-20(27)31)29-25(35)37-26(3,4)5)22(23(33)28-16-21(32)36-6)18-11-9-17(8-2)10-12-18/h2,9-12,19,22H,7,13-16H2,1,3-6H3,(H2,27,31)(H,28,33)(H,29,35). The highest BCUT2D eigenvalue weighted by Gasteiger charge is 2.36. The van der Waals surface area contributed by atoms with Crippen molar-refractivity contribution in [2.75, 3.05) is 20.2 Å². The van der Waals surface area contributed by atoms with Crippen LogP contribution in [-0.2, 0) is 28.7 Å². The van der Waals surface area contributed by atoms with E-state index in [0.717, 1.165) is 0 Å². The van der Waals surface area contributed by atoms with Crippen LogP contribution in [0.15, 0.2) is 24.3 Å². The van der Waals surface area contributed by atoms with Gasteiger partial charge in [0, 0.05) is 18.5 Å². The van der Waals surface area contributed by atoms with Gasteiger partial charge < -0.3 is 30.7 Å². The maximum absolute atomic E-state index is 13.8. The Kier molecular flexibility index (Phi) is 12.1. The first-order valence-electron chi connectivity index (χ1n) is 11.8. The van der Waals surface area contributed by atoms with Gasteiger partial charge in [-0.25, -0.2) is 4.79 Å². The third-order valence-electron chi connectivity index (χ3n) is 5.00. The molecule has 4 amide bonds. The minimum atomic E-state index is -1.21. The first-order valence-corrected chi connectivity index (χ1v) is 11.8. The van der Waals surface area contributed by atoms with E-state index in [2.05, 4.69) is 21.3 Å². The smallest absolute Gasteiger partial charge is 0.408 e. The van der Waals surface area contributed by atoms with Crippen LogP contribution >= 0.6 is 0 Å². The fourth-order valence-electron chi connectivity index (χ4n) is 3.36. The van der Waals surface area contributed by atoms with Gasteiger partial charge in [0.25, 0.3) is 0 Å². The van der Waals surface area contributed by atoms with Crippen molar-refractivity contribution in [2.45, 2.75) is 64.6 Å². The minimum Gasteiger partial charge on any atom is -0.468 e. The monoisotopic (exact) mass is 516 g/mol. The summed E-state index contributed by atoms with van der Waals surface area (Å²) in [4.78, 5) is 63.9. The Morgan fingerprint density at radius 2 is 1.76 bits per heavy atom. The fourth-order valence-corrected chi connectivity index (χ4v) is 3.36. The van der Waals surface area contributed by atoms with Gasteiger partial charge in [0.05, 0.1) is 7.11 Å². The van der Waals surface area contributed by atoms with E-state index in [9.17, 15) is 24.0 Å². The molecule has 202 valence electrons. The zero-order valence-corrected chi connectivity index (χ0v) is 22.0. The van der Waals surface area contributed by atoms with Crippen molar-refractivity contribution in [3.05, 3.63) is 35.4 Å². The van der Waals surface area contributed by atoms with Crippen LogP contribution in [0, 0.1) is 12.3 Å². The number of carbonyl (C=O) groups excluding carboxylic acids is 5. The highest BCUT2D eigenvalue weighted by atomic mass is 16.6. The number of methoxy groups -OCH3 is 1. The topological polar surface area (TPSA) is 157 Å². The second kappa shape index (κ2) is 14.5. The number of amides is 4. The van der Waals surface area contributed by atoms with Gasteiger partial charge >= 0.3 is 12.1 Å². The molecule has 0 saturated carbocycles. The van der Waals surface area contributed by atoms with Crippen molar-refractivity contribution < 1.29 is 33.4 Å². The molecule has 2 atom stereocenters. The molecule has 0 spiro atoms. The minimum absolute atomic E-state index is 0.111. The van der Waals surface area contributed by atoms with Gasteiger partial charge in [-0.05, 0) is 51.3 Å². The lowest BCUT2D eigenvalue weighted by Gasteiger charge is -2.34. The normalized spacial score (nSPS) is 12.3. The number of hydrogen-bond donors (Lipinski definition) is 3. The third-order valence-corrected chi connectivity index (χ3v) is 5.00. The largest absolute Gasteiger partial charge is 0.468 e. The molecule has 1 aromatic rings. The average molecular weight is 517 g/mol. The van der Waals surface area contributed by atoms with E-state index in [-0.39, 0.29) is 19.4 Å². The first-order chi connectivity index (χ1) is 17.3. The molecular formula is C26H36N4O7. The number of nitrogens with one attached hydrogen (secondary N) is 2. The number of nitrogens with zero attached hydrogens (tertiary/aromatic N) is 1. The zero-order valence-electron chi connectivity index (χ0n) is 22.0. The molecule has 1 rings (SSSR count). The van der Waals surface area contributed by atoms with Crippen LogP contribution < -0.4 is 16.4 Å². The highest BCUT2D eigenvalue weighted by Crippen LogP contribution is 2.24. The van der Waals surface area contributed by atoms with E-state index in [1.165, 1.54) is 12.0 Å². The number of esters is 1. The quantitative estimate of drug-likeness (QED) is 0.280. The van der Waals surface area contributed by atoms with Crippen molar-refractivity contribution in [1.29, 1.82) is 0 Å². The number of terminal acetylenes is 1. The molecule has 0 aromatic heterocycles. The number of ether oxygens (including phenoxy) is 2. The lowest BCUT2D eigenvalue weighted by atomic mass is 10.00. The average Bonchev–Trinajstić information content (AvgIpc) is 2.83. The number of primary amides is 1. The van der Waals surface area contributed by atoms with Gasteiger partial charge in [0.15, 0.2) is 0 Å². The Hall–Kier alpha value is -4.07. The zero-order chi connectivity index (χ0) is 28.2. The van der Waals surface area contributed by atoms with E-state index in [1.54, 1.807) is 45.0 Å².